The maximum Gasteiger partial charge on any atom is 0.223 e. The predicted octanol–water partition coefficient (Wildman–Crippen LogP) is 2.58. The van der Waals surface area contributed by atoms with Gasteiger partial charge in [-0.2, -0.15) is 0 Å². The fraction of sp³-hybridized carbons (Fsp3) is 0.636. The molecule has 150 valence electrons. The molecule has 1 fully saturated rings. The molecule has 0 atom stereocenters. The minimum absolute atomic E-state index is 0.199. The van der Waals surface area contributed by atoms with Gasteiger partial charge in [0, 0.05) is 45.6 Å². The van der Waals surface area contributed by atoms with Crippen molar-refractivity contribution in [1.82, 2.24) is 14.7 Å². The quantitative estimate of drug-likeness (QED) is 0.668. The molecular weight excluding hydrogens is 338 g/mol. The lowest BCUT2D eigenvalue weighted by Crippen LogP contribution is -2.51. The number of amides is 2. The Bertz CT molecular complexity index is 588. The zero-order valence-electron chi connectivity index (χ0n) is 17.2. The molecule has 1 aliphatic rings. The maximum absolute atomic E-state index is 12.5. The summed E-state index contributed by atoms with van der Waals surface area (Å²) >= 11 is 0. The summed E-state index contributed by atoms with van der Waals surface area (Å²) in [5.41, 5.74) is 2.54. The highest BCUT2D eigenvalue weighted by atomic mass is 16.2. The topological polar surface area (TPSA) is 43.9 Å². The van der Waals surface area contributed by atoms with Crippen molar-refractivity contribution in [3.63, 3.8) is 0 Å². The molecular formula is C22H35N3O2. The Morgan fingerprint density at radius 1 is 0.815 bits per heavy atom. The minimum Gasteiger partial charge on any atom is -0.339 e. The van der Waals surface area contributed by atoms with Crippen LogP contribution in [0.2, 0.25) is 0 Å². The van der Waals surface area contributed by atoms with E-state index in [0.717, 1.165) is 32.5 Å². The number of aryl methyl sites for hydroxylation is 2. The fourth-order valence-corrected chi connectivity index (χ4v) is 3.51. The third-order valence-electron chi connectivity index (χ3n) is 5.58. The number of carbonyl (C=O) groups excluding carboxylic acids is 2. The molecule has 2 rings (SSSR count). The van der Waals surface area contributed by atoms with Crippen LogP contribution < -0.4 is 0 Å². The summed E-state index contributed by atoms with van der Waals surface area (Å²) in [6.07, 6.45) is 2.94. The van der Waals surface area contributed by atoms with Gasteiger partial charge in [0.2, 0.25) is 11.8 Å². The predicted molar refractivity (Wildman–Crippen MR) is 110 cm³/mol. The second kappa shape index (κ2) is 11.1. The van der Waals surface area contributed by atoms with Gasteiger partial charge in [-0.25, -0.2) is 0 Å². The molecule has 5 heteroatoms. The second-order valence-corrected chi connectivity index (χ2v) is 7.21. The summed E-state index contributed by atoms with van der Waals surface area (Å²) in [5.74, 6) is 0.412. The lowest BCUT2D eigenvalue weighted by molar-refractivity contribution is -0.139. The van der Waals surface area contributed by atoms with Crippen molar-refractivity contribution in [3.8, 4) is 0 Å². The van der Waals surface area contributed by atoms with E-state index < -0.39 is 0 Å². The zero-order chi connectivity index (χ0) is 19.6. The van der Waals surface area contributed by atoms with E-state index >= 15 is 0 Å². The van der Waals surface area contributed by atoms with E-state index in [-0.39, 0.29) is 11.8 Å². The fourth-order valence-electron chi connectivity index (χ4n) is 3.51. The Morgan fingerprint density at radius 2 is 1.30 bits per heavy atom. The molecule has 1 saturated heterocycles. The number of hydrogen-bond donors (Lipinski definition) is 0. The number of benzene rings is 1. The number of hydrogen-bond acceptors (Lipinski definition) is 3. The third-order valence-corrected chi connectivity index (χ3v) is 5.58. The molecule has 5 nitrogen and oxygen atoms in total. The van der Waals surface area contributed by atoms with Crippen LogP contribution in [0, 0.1) is 0 Å². The SMILES string of the molecule is CCc1ccc(CCC(=O)N2CCN(C(=O)CCN(CC)CC)CC2)cc1. The number of rotatable bonds is 9. The van der Waals surface area contributed by atoms with Gasteiger partial charge in [0.25, 0.3) is 0 Å². The Kier molecular flexibility index (Phi) is 8.79. The van der Waals surface area contributed by atoms with Crippen molar-refractivity contribution in [2.75, 3.05) is 45.8 Å². The van der Waals surface area contributed by atoms with Crippen molar-refractivity contribution in [1.29, 1.82) is 0 Å². The highest BCUT2D eigenvalue weighted by molar-refractivity contribution is 5.78. The molecule has 0 radical (unpaired) electrons. The van der Waals surface area contributed by atoms with E-state index in [0.29, 0.717) is 39.0 Å². The molecule has 0 N–H and O–H groups in total. The average Bonchev–Trinajstić information content (AvgIpc) is 2.73. The van der Waals surface area contributed by atoms with Crippen molar-refractivity contribution in [3.05, 3.63) is 35.4 Å². The Hall–Kier alpha value is -1.88. The van der Waals surface area contributed by atoms with Crippen LogP contribution in [0.25, 0.3) is 0 Å². The average molecular weight is 374 g/mol. The summed E-state index contributed by atoms with van der Waals surface area (Å²) in [6.45, 7) is 11.8. The molecule has 27 heavy (non-hydrogen) atoms. The van der Waals surface area contributed by atoms with Crippen molar-refractivity contribution in [2.45, 2.75) is 46.5 Å². The van der Waals surface area contributed by atoms with E-state index in [2.05, 4.69) is 49.9 Å². The van der Waals surface area contributed by atoms with E-state index in [1.807, 2.05) is 9.80 Å². The van der Waals surface area contributed by atoms with Crippen LogP contribution in [-0.4, -0.2) is 72.3 Å². The monoisotopic (exact) mass is 373 g/mol. The van der Waals surface area contributed by atoms with Crippen LogP contribution in [0.3, 0.4) is 0 Å². The second-order valence-electron chi connectivity index (χ2n) is 7.21. The molecule has 1 heterocycles. The van der Waals surface area contributed by atoms with Crippen LogP contribution in [-0.2, 0) is 22.4 Å². The smallest absolute Gasteiger partial charge is 0.223 e. The Balaban J connectivity index is 1.70. The molecule has 0 unspecified atom stereocenters. The van der Waals surface area contributed by atoms with Crippen LogP contribution >= 0.6 is 0 Å². The summed E-state index contributed by atoms with van der Waals surface area (Å²) in [6, 6.07) is 8.53. The van der Waals surface area contributed by atoms with Gasteiger partial charge in [-0.15, -0.1) is 0 Å². The molecule has 1 aromatic carbocycles. The number of nitrogens with zero attached hydrogens (tertiary/aromatic N) is 3. The van der Waals surface area contributed by atoms with E-state index in [4.69, 9.17) is 0 Å². The first-order chi connectivity index (χ1) is 13.1. The Labute approximate surface area is 164 Å². The van der Waals surface area contributed by atoms with Gasteiger partial charge in [0.15, 0.2) is 0 Å². The summed E-state index contributed by atoms with van der Waals surface area (Å²) < 4.78 is 0. The third kappa shape index (κ3) is 6.65. The van der Waals surface area contributed by atoms with Gasteiger partial charge in [0.1, 0.15) is 0 Å². The first kappa shape index (κ1) is 21.4. The standard InChI is InChI=1S/C22H35N3O2/c1-4-19-7-9-20(10-8-19)11-12-21(26)24-15-17-25(18-16-24)22(27)13-14-23(5-2)6-3/h7-10H,4-6,11-18H2,1-3H3. The first-order valence-corrected chi connectivity index (χ1v) is 10.4. The number of carbonyl (C=O) groups is 2. The molecule has 0 aliphatic carbocycles. The van der Waals surface area contributed by atoms with Crippen molar-refractivity contribution < 1.29 is 9.59 Å². The van der Waals surface area contributed by atoms with Gasteiger partial charge < -0.3 is 14.7 Å². The minimum atomic E-state index is 0.199. The Morgan fingerprint density at radius 3 is 1.78 bits per heavy atom. The zero-order valence-corrected chi connectivity index (χ0v) is 17.2. The van der Waals surface area contributed by atoms with Gasteiger partial charge in [0.05, 0.1) is 0 Å². The molecule has 0 aromatic heterocycles. The lowest BCUT2D eigenvalue weighted by atomic mass is 10.1. The van der Waals surface area contributed by atoms with E-state index in [1.54, 1.807) is 0 Å². The van der Waals surface area contributed by atoms with Gasteiger partial charge in [-0.1, -0.05) is 45.0 Å². The van der Waals surface area contributed by atoms with Crippen molar-refractivity contribution in [2.24, 2.45) is 0 Å². The lowest BCUT2D eigenvalue weighted by Gasteiger charge is -2.35. The number of piperazine rings is 1. The summed E-state index contributed by atoms with van der Waals surface area (Å²) in [5, 5.41) is 0. The summed E-state index contributed by atoms with van der Waals surface area (Å²) in [7, 11) is 0. The summed E-state index contributed by atoms with van der Waals surface area (Å²) in [4.78, 5) is 30.9. The van der Waals surface area contributed by atoms with Crippen LogP contribution in [0.4, 0.5) is 0 Å². The van der Waals surface area contributed by atoms with Gasteiger partial charge in [-0.05, 0) is 37.1 Å². The molecule has 2 amide bonds. The molecule has 1 aromatic rings. The highest BCUT2D eigenvalue weighted by Crippen LogP contribution is 2.11. The van der Waals surface area contributed by atoms with Gasteiger partial charge >= 0.3 is 0 Å². The van der Waals surface area contributed by atoms with E-state index in [1.165, 1.54) is 11.1 Å². The normalized spacial score (nSPS) is 14.7. The maximum atomic E-state index is 12.5. The van der Waals surface area contributed by atoms with Crippen LogP contribution in [0.5, 0.6) is 0 Å². The first-order valence-electron chi connectivity index (χ1n) is 10.4. The molecule has 0 saturated carbocycles. The molecule has 0 spiro atoms. The molecule has 0 bridgehead atoms. The van der Waals surface area contributed by atoms with E-state index in [9.17, 15) is 9.59 Å². The molecule has 1 aliphatic heterocycles. The van der Waals surface area contributed by atoms with Crippen molar-refractivity contribution >= 4 is 11.8 Å². The van der Waals surface area contributed by atoms with Crippen LogP contribution in [0.15, 0.2) is 24.3 Å². The van der Waals surface area contributed by atoms with Crippen LogP contribution in [0.1, 0.15) is 44.7 Å². The van der Waals surface area contributed by atoms with Gasteiger partial charge in [-0.3, -0.25) is 9.59 Å². The highest BCUT2D eigenvalue weighted by Gasteiger charge is 2.23. The largest absolute Gasteiger partial charge is 0.339 e.